The molecule has 11 heteroatoms. The van der Waals surface area contributed by atoms with Crippen LogP contribution in [0.15, 0.2) is 28.3 Å². The number of halogens is 5. The van der Waals surface area contributed by atoms with Crippen molar-refractivity contribution in [3.05, 3.63) is 29.3 Å². The maximum absolute atomic E-state index is 13.0. The molecule has 26 heavy (non-hydrogen) atoms. The molecule has 5 nitrogen and oxygen atoms in total. The van der Waals surface area contributed by atoms with Gasteiger partial charge in [0.2, 0.25) is 0 Å². The zero-order chi connectivity index (χ0) is 19.5. The highest BCUT2D eigenvalue weighted by molar-refractivity contribution is 9.20. The third-order valence-corrected chi connectivity index (χ3v) is 7.87. The lowest BCUT2D eigenvalue weighted by Gasteiger charge is -2.27. The summed E-state index contributed by atoms with van der Waals surface area (Å²) in [4.78, 5) is 17.4. The highest BCUT2D eigenvalue weighted by Gasteiger charge is 2.58. The minimum absolute atomic E-state index is 0.0652. The molecule has 0 spiro atoms. The third kappa shape index (κ3) is 3.33. The predicted octanol–water partition coefficient (Wildman–Crippen LogP) is 4.00. The van der Waals surface area contributed by atoms with Gasteiger partial charge >= 0.3 is 6.18 Å². The molecule has 1 aliphatic carbocycles. The maximum atomic E-state index is 13.0. The van der Waals surface area contributed by atoms with Gasteiger partial charge in [0.25, 0.3) is 0 Å². The Hall–Kier alpha value is -0.940. The first-order valence-electron chi connectivity index (χ1n) is 7.41. The summed E-state index contributed by atoms with van der Waals surface area (Å²) in [6.07, 6.45) is -3.75. The normalized spacial score (nSPS) is 26.4. The first-order valence-corrected chi connectivity index (χ1v) is 10.9. The third-order valence-electron chi connectivity index (χ3n) is 4.23. The van der Waals surface area contributed by atoms with Crippen molar-refractivity contribution in [2.45, 2.75) is 34.3 Å². The molecule has 1 fully saturated rings. The summed E-state index contributed by atoms with van der Waals surface area (Å²) in [5, 5.41) is 3.72. The van der Waals surface area contributed by atoms with Crippen LogP contribution in [0.5, 0.6) is 0 Å². The van der Waals surface area contributed by atoms with Gasteiger partial charge in [-0.25, -0.2) is 8.42 Å². The largest absolute Gasteiger partial charge is 0.416 e. The van der Waals surface area contributed by atoms with Gasteiger partial charge in [0.1, 0.15) is 0 Å². The Morgan fingerprint density at radius 1 is 1.35 bits per heavy atom. The first kappa shape index (κ1) is 19.8. The summed E-state index contributed by atoms with van der Waals surface area (Å²) in [5.41, 5.74) is -1.17. The number of oxime groups is 1. The van der Waals surface area contributed by atoms with Crippen molar-refractivity contribution in [1.82, 2.24) is 0 Å². The maximum Gasteiger partial charge on any atom is 0.416 e. The minimum atomic E-state index is -4.71. The molecule has 0 amide bonds. The number of ketones is 1. The second-order valence-electron chi connectivity index (χ2n) is 6.24. The second kappa shape index (κ2) is 6.30. The van der Waals surface area contributed by atoms with Crippen molar-refractivity contribution >= 4 is 52.1 Å². The summed E-state index contributed by atoms with van der Waals surface area (Å²) in [6.45, 7) is 0. The van der Waals surface area contributed by atoms with Gasteiger partial charge in [-0.05, 0) is 40.9 Å². The number of alkyl halides is 4. The molecule has 0 saturated heterocycles. The molecule has 2 aliphatic rings. The number of hydrogen-bond donors (Lipinski definition) is 0. The molecule has 0 bridgehead atoms. The van der Waals surface area contributed by atoms with Crippen LogP contribution < -0.4 is 0 Å². The molecule has 2 atom stereocenters. The van der Waals surface area contributed by atoms with E-state index in [0.29, 0.717) is 18.9 Å². The van der Waals surface area contributed by atoms with Crippen molar-refractivity contribution in [2.24, 2.45) is 11.1 Å². The number of carbonyl (C=O) groups excluding carboxylic acids is 1. The molecule has 1 saturated carbocycles. The molecule has 142 valence electrons. The Labute approximate surface area is 164 Å². The Kier molecular flexibility index (Phi) is 4.80. The predicted molar refractivity (Wildman–Crippen MR) is 94.1 cm³/mol. The lowest BCUT2D eigenvalue weighted by molar-refractivity contribution is -0.137. The molecule has 1 heterocycles. The van der Waals surface area contributed by atoms with Crippen molar-refractivity contribution in [1.29, 1.82) is 0 Å². The van der Waals surface area contributed by atoms with Crippen molar-refractivity contribution in [2.75, 3.05) is 6.26 Å². The number of benzene rings is 1. The number of Topliss-reactive ketones (excluding diaryl/α,β-unsaturated/α-hetero) is 1. The average Bonchev–Trinajstić information content (AvgIpc) is 3.32. The fraction of sp³-hybridized carbons (Fsp3) is 0.467. The van der Waals surface area contributed by atoms with E-state index >= 15 is 0 Å². The Bertz CT molecular complexity index is 912. The van der Waals surface area contributed by atoms with E-state index in [0.717, 1.165) is 18.4 Å². The first-order chi connectivity index (χ1) is 11.9. The topological polar surface area (TPSA) is 72.8 Å². The quantitative estimate of drug-likeness (QED) is 0.565. The van der Waals surface area contributed by atoms with Gasteiger partial charge in [-0.2, -0.15) is 13.2 Å². The molecular formula is C15H12Br2F3NO4S. The van der Waals surface area contributed by atoms with Crippen LogP contribution in [0.25, 0.3) is 0 Å². The van der Waals surface area contributed by atoms with Crippen molar-refractivity contribution in [3.63, 3.8) is 0 Å². The van der Waals surface area contributed by atoms with E-state index in [1.165, 1.54) is 0 Å². The van der Waals surface area contributed by atoms with E-state index in [4.69, 9.17) is 4.84 Å². The number of nitrogens with zero attached hydrogens (tertiary/aromatic N) is 1. The van der Waals surface area contributed by atoms with Gasteiger partial charge in [0.15, 0.2) is 30.7 Å². The van der Waals surface area contributed by atoms with Crippen molar-refractivity contribution in [3.8, 4) is 0 Å². The van der Waals surface area contributed by atoms with Crippen molar-refractivity contribution < 1.29 is 31.2 Å². The van der Waals surface area contributed by atoms with Crippen LogP contribution in [0.2, 0.25) is 0 Å². The summed E-state index contributed by atoms with van der Waals surface area (Å²) in [6, 6.07) is 2.32. The lowest BCUT2D eigenvalue weighted by atomic mass is 9.90. The number of hydrogen-bond acceptors (Lipinski definition) is 5. The lowest BCUT2D eigenvalue weighted by Crippen LogP contribution is -2.42. The van der Waals surface area contributed by atoms with E-state index in [1.807, 2.05) is 0 Å². The van der Waals surface area contributed by atoms with Crippen LogP contribution in [0.4, 0.5) is 13.2 Å². The summed E-state index contributed by atoms with van der Waals surface area (Å²) >= 11 is 6.45. The van der Waals surface area contributed by atoms with E-state index in [2.05, 4.69) is 37.0 Å². The standard InChI is InChI=1S/C15H12Br2F3NO4S/c1-26(23,24)10-6-8(15(18,19)20)4-5-9(10)12-14(17,13(16)21-25-12)11(22)7-2-3-7/h4-7,12H,2-3H2,1H3. The molecule has 1 aliphatic heterocycles. The smallest absolute Gasteiger partial charge is 0.384 e. The average molecular weight is 519 g/mol. The van der Waals surface area contributed by atoms with Gasteiger partial charge in [-0.3, -0.25) is 4.79 Å². The monoisotopic (exact) mass is 517 g/mol. The fourth-order valence-corrected chi connectivity index (χ4v) is 4.90. The second-order valence-corrected chi connectivity index (χ2v) is 10.2. The van der Waals surface area contributed by atoms with Gasteiger partial charge in [-0.1, -0.05) is 27.2 Å². The van der Waals surface area contributed by atoms with Crippen LogP contribution in [-0.4, -0.2) is 29.4 Å². The number of sulfone groups is 1. The van der Waals surface area contributed by atoms with Crippen LogP contribution in [-0.2, 0) is 25.6 Å². The van der Waals surface area contributed by atoms with Crippen LogP contribution in [0.3, 0.4) is 0 Å². The van der Waals surface area contributed by atoms with Gasteiger partial charge in [-0.15, -0.1) is 0 Å². The van der Waals surface area contributed by atoms with Gasteiger partial charge < -0.3 is 4.84 Å². The Balaban J connectivity index is 2.15. The van der Waals surface area contributed by atoms with Crippen LogP contribution in [0, 0.1) is 5.92 Å². The molecule has 0 radical (unpaired) electrons. The van der Waals surface area contributed by atoms with E-state index in [1.54, 1.807) is 0 Å². The SMILES string of the molecule is CS(=O)(=O)c1cc(C(F)(F)F)ccc1C1ON=C(Br)C1(Br)C(=O)C1CC1. The van der Waals surface area contributed by atoms with Gasteiger partial charge in [0.05, 0.1) is 10.5 Å². The summed E-state index contributed by atoms with van der Waals surface area (Å²) < 4.78 is 61.9. The summed E-state index contributed by atoms with van der Waals surface area (Å²) in [5.74, 6) is -0.479. The molecule has 1 aromatic rings. The van der Waals surface area contributed by atoms with Gasteiger partial charge in [0, 0.05) is 17.7 Å². The minimum Gasteiger partial charge on any atom is -0.384 e. The number of carbonyl (C=O) groups is 1. The Morgan fingerprint density at radius 3 is 2.46 bits per heavy atom. The number of rotatable bonds is 4. The van der Waals surface area contributed by atoms with Crippen LogP contribution in [0.1, 0.15) is 30.1 Å². The van der Waals surface area contributed by atoms with E-state index in [9.17, 15) is 26.4 Å². The molecule has 3 rings (SSSR count). The van der Waals surface area contributed by atoms with Crippen LogP contribution >= 0.6 is 31.9 Å². The zero-order valence-electron chi connectivity index (χ0n) is 13.2. The highest BCUT2D eigenvalue weighted by atomic mass is 79.9. The zero-order valence-corrected chi connectivity index (χ0v) is 17.2. The van der Waals surface area contributed by atoms with E-state index in [-0.39, 0.29) is 21.9 Å². The fourth-order valence-electron chi connectivity index (χ4n) is 2.74. The summed E-state index contributed by atoms with van der Waals surface area (Å²) in [7, 11) is -4.03. The molecule has 2 unspecified atom stereocenters. The molecule has 0 aromatic heterocycles. The highest BCUT2D eigenvalue weighted by Crippen LogP contribution is 2.51. The molecule has 1 aromatic carbocycles. The molecule has 0 N–H and O–H groups in total. The molecular weight excluding hydrogens is 507 g/mol. The van der Waals surface area contributed by atoms with E-state index < -0.39 is 36.9 Å². The Morgan fingerprint density at radius 2 is 1.96 bits per heavy atom.